The largest absolute Gasteiger partial charge is 0.478 e. The molecule has 1 aromatic rings. The van der Waals surface area contributed by atoms with Crippen LogP contribution in [0.15, 0.2) is 24.3 Å². The van der Waals surface area contributed by atoms with Crippen LogP contribution in [0.2, 0.25) is 0 Å². The van der Waals surface area contributed by atoms with E-state index in [9.17, 15) is 9.59 Å². The van der Waals surface area contributed by atoms with E-state index in [4.69, 9.17) is 5.11 Å². The summed E-state index contributed by atoms with van der Waals surface area (Å²) < 4.78 is 4.60. The SMILES string of the molecule is COC(=O)c1ccc(C)cc1C=CC(=O)O. The molecule has 0 atom stereocenters. The Hall–Kier alpha value is -2.10. The van der Waals surface area contributed by atoms with Crippen molar-refractivity contribution >= 4 is 18.0 Å². The summed E-state index contributed by atoms with van der Waals surface area (Å²) in [6.07, 6.45) is 2.36. The minimum absolute atomic E-state index is 0.352. The van der Waals surface area contributed by atoms with Crippen LogP contribution in [0.3, 0.4) is 0 Å². The van der Waals surface area contributed by atoms with Gasteiger partial charge in [0.25, 0.3) is 0 Å². The molecular formula is C12H12O4. The summed E-state index contributed by atoms with van der Waals surface area (Å²) in [5, 5.41) is 8.53. The molecule has 4 heteroatoms. The summed E-state index contributed by atoms with van der Waals surface area (Å²) in [6.45, 7) is 1.86. The van der Waals surface area contributed by atoms with Gasteiger partial charge in [0, 0.05) is 6.08 Å². The zero-order valence-electron chi connectivity index (χ0n) is 9.06. The number of carbonyl (C=O) groups is 2. The number of carbonyl (C=O) groups excluding carboxylic acids is 1. The summed E-state index contributed by atoms with van der Waals surface area (Å²) >= 11 is 0. The summed E-state index contributed by atoms with van der Waals surface area (Å²) in [6, 6.07) is 5.11. The Bertz CT molecular complexity index is 446. The number of hydrogen-bond acceptors (Lipinski definition) is 3. The van der Waals surface area contributed by atoms with Crippen molar-refractivity contribution in [2.75, 3.05) is 7.11 Å². The number of ether oxygens (including phenoxy) is 1. The molecule has 0 bridgehead atoms. The number of methoxy groups -OCH3 is 1. The highest BCUT2D eigenvalue weighted by molar-refractivity contribution is 5.95. The van der Waals surface area contributed by atoms with Gasteiger partial charge in [-0.25, -0.2) is 9.59 Å². The van der Waals surface area contributed by atoms with Gasteiger partial charge in [0.05, 0.1) is 12.7 Å². The van der Waals surface area contributed by atoms with Crippen molar-refractivity contribution in [3.05, 3.63) is 41.0 Å². The number of benzene rings is 1. The fourth-order valence-corrected chi connectivity index (χ4v) is 1.28. The first kappa shape index (κ1) is 12.0. The van der Waals surface area contributed by atoms with Gasteiger partial charge in [0.2, 0.25) is 0 Å². The fraction of sp³-hybridized carbons (Fsp3) is 0.167. The van der Waals surface area contributed by atoms with Gasteiger partial charge in [0.15, 0.2) is 0 Å². The molecule has 0 unspecified atom stereocenters. The first-order valence-corrected chi connectivity index (χ1v) is 4.64. The molecule has 0 aliphatic heterocycles. The van der Waals surface area contributed by atoms with Crippen molar-refractivity contribution in [3.63, 3.8) is 0 Å². The lowest BCUT2D eigenvalue weighted by Gasteiger charge is -2.04. The molecule has 0 spiro atoms. The number of carboxylic acid groups (broad SMARTS) is 1. The van der Waals surface area contributed by atoms with Gasteiger partial charge < -0.3 is 9.84 Å². The third-order valence-electron chi connectivity index (χ3n) is 2.02. The summed E-state index contributed by atoms with van der Waals surface area (Å²) in [5.41, 5.74) is 1.83. The predicted molar refractivity (Wildman–Crippen MR) is 59.2 cm³/mol. The molecule has 0 aliphatic carbocycles. The summed E-state index contributed by atoms with van der Waals surface area (Å²) in [4.78, 5) is 21.8. The second-order valence-corrected chi connectivity index (χ2v) is 3.25. The van der Waals surface area contributed by atoms with Crippen molar-refractivity contribution in [1.29, 1.82) is 0 Å². The lowest BCUT2D eigenvalue weighted by atomic mass is 10.0. The van der Waals surface area contributed by atoms with Gasteiger partial charge in [-0.3, -0.25) is 0 Å². The second-order valence-electron chi connectivity index (χ2n) is 3.25. The van der Waals surface area contributed by atoms with E-state index in [1.54, 1.807) is 18.2 Å². The van der Waals surface area contributed by atoms with Crippen molar-refractivity contribution in [3.8, 4) is 0 Å². The Morgan fingerprint density at radius 3 is 2.62 bits per heavy atom. The molecule has 16 heavy (non-hydrogen) atoms. The maximum absolute atomic E-state index is 11.4. The van der Waals surface area contributed by atoms with E-state index < -0.39 is 11.9 Å². The van der Waals surface area contributed by atoms with E-state index in [1.807, 2.05) is 6.92 Å². The first-order valence-electron chi connectivity index (χ1n) is 4.64. The van der Waals surface area contributed by atoms with E-state index >= 15 is 0 Å². The maximum atomic E-state index is 11.4. The highest BCUT2D eigenvalue weighted by Gasteiger charge is 2.09. The van der Waals surface area contributed by atoms with E-state index in [1.165, 1.54) is 13.2 Å². The molecule has 0 fully saturated rings. The molecule has 0 aromatic heterocycles. The lowest BCUT2D eigenvalue weighted by molar-refractivity contribution is -0.131. The van der Waals surface area contributed by atoms with Crippen LogP contribution in [0.1, 0.15) is 21.5 Å². The molecule has 1 N–H and O–H groups in total. The number of carboxylic acids is 1. The van der Waals surface area contributed by atoms with Crippen LogP contribution >= 0.6 is 0 Å². The van der Waals surface area contributed by atoms with E-state index in [-0.39, 0.29) is 0 Å². The minimum Gasteiger partial charge on any atom is -0.478 e. The minimum atomic E-state index is -1.06. The van der Waals surface area contributed by atoms with Crippen LogP contribution in [0, 0.1) is 6.92 Å². The van der Waals surface area contributed by atoms with Crippen LogP contribution < -0.4 is 0 Å². The zero-order valence-corrected chi connectivity index (χ0v) is 9.06. The average Bonchev–Trinajstić information content (AvgIpc) is 2.25. The number of aryl methyl sites for hydroxylation is 1. The number of rotatable bonds is 3. The molecule has 0 heterocycles. The molecule has 0 radical (unpaired) electrons. The van der Waals surface area contributed by atoms with Crippen LogP contribution in [0.5, 0.6) is 0 Å². The van der Waals surface area contributed by atoms with E-state index in [2.05, 4.69) is 4.74 Å². The van der Waals surface area contributed by atoms with Gasteiger partial charge in [-0.05, 0) is 24.6 Å². The third kappa shape index (κ3) is 2.95. The summed E-state index contributed by atoms with van der Waals surface area (Å²) in [7, 11) is 1.28. The molecule has 4 nitrogen and oxygen atoms in total. The molecule has 1 aromatic carbocycles. The Kier molecular flexibility index (Phi) is 3.83. The third-order valence-corrected chi connectivity index (χ3v) is 2.02. The van der Waals surface area contributed by atoms with Gasteiger partial charge >= 0.3 is 11.9 Å². The van der Waals surface area contributed by atoms with Gasteiger partial charge in [-0.15, -0.1) is 0 Å². The van der Waals surface area contributed by atoms with E-state index in [0.717, 1.165) is 11.6 Å². The van der Waals surface area contributed by atoms with Crippen LogP contribution in [-0.2, 0) is 9.53 Å². The highest BCUT2D eigenvalue weighted by atomic mass is 16.5. The van der Waals surface area contributed by atoms with Gasteiger partial charge in [-0.2, -0.15) is 0 Å². The number of hydrogen-bond donors (Lipinski definition) is 1. The first-order chi connectivity index (χ1) is 7.54. The van der Waals surface area contributed by atoms with E-state index in [0.29, 0.717) is 11.1 Å². The molecule has 0 saturated heterocycles. The van der Waals surface area contributed by atoms with Crippen molar-refractivity contribution in [2.24, 2.45) is 0 Å². The maximum Gasteiger partial charge on any atom is 0.338 e. The molecule has 0 aliphatic rings. The van der Waals surface area contributed by atoms with Crippen LogP contribution in [0.25, 0.3) is 6.08 Å². The van der Waals surface area contributed by atoms with Crippen LogP contribution in [-0.4, -0.2) is 24.2 Å². The Balaban J connectivity index is 3.18. The van der Waals surface area contributed by atoms with Gasteiger partial charge in [-0.1, -0.05) is 17.7 Å². The molecule has 0 saturated carbocycles. The second kappa shape index (κ2) is 5.11. The molecular weight excluding hydrogens is 208 g/mol. The van der Waals surface area contributed by atoms with Crippen molar-refractivity contribution < 1.29 is 19.4 Å². The Labute approximate surface area is 93.2 Å². The lowest BCUT2D eigenvalue weighted by Crippen LogP contribution is -2.04. The van der Waals surface area contributed by atoms with Crippen molar-refractivity contribution in [2.45, 2.75) is 6.92 Å². The Morgan fingerprint density at radius 2 is 2.06 bits per heavy atom. The number of esters is 1. The monoisotopic (exact) mass is 220 g/mol. The number of aliphatic carboxylic acids is 1. The molecule has 1 rings (SSSR count). The Morgan fingerprint density at radius 1 is 1.38 bits per heavy atom. The molecule has 0 amide bonds. The highest BCUT2D eigenvalue weighted by Crippen LogP contribution is 2.14. The van der Waals surface area contributed by atoms with Gasteiger partial charge in [0.1, 0.15) is 0 Å². The smallest absolute Gasteiger partial charge is 0.338 e. The fourth-order valence-electron chi connectivity index (χ4n) is 1.28. The standard InChI is InChI=1S/C12H12O4/c1-8-3-5-10(12(15)16-2)9(7-8)4-6-11(13)14/h3-7H,1-2H3,(H,13,14). The normalized spacial score (nSPS) is 10.4. The van der Waals surface area contributed by atoms with Crippen LogP contribution in [0.4, 0.5) is 0 Å². The summed E-state index contributed by atoms with van der Waals surface area (Å²) in [5.74, 6) is -1.54. The van der Waals surface area contributed by atoms with Crippen molar-refractivity contribution in [1.82, 2.24) is 0 Å². The zero-order chi connectivity index (χ0) is 12.1. The molecule has 84 valence electrons. The predicted octanol–water partition coefficient (Wildman–Crippen LogP) is 1.88. The topological polar surface area (TPSA) is 63.6 Å². The average molecular weight is 220 g/mol. The quantitative estimate of drug-likeness (QED) is 0.624.